The molecule has 3 nitrogen and oxygen atoms in total. The van der Waals surface area contributed by atoms with Crippen LogP contribution in [0.25, 0.3) is 33.8 Å². The van der Waals surface area contributed by atoms with E-state index in [1.165, 1.54) is 0 Å². The Hall–Kier alpha value is -3.69. The molecule has 1 aliphatic carbocycles. The zero-order valence-electron chi connectivity index (χ0n) is 17.1. The van der Waals surface area contributed by atoms with E-state index in [0.29, 0.717) is 5.89 Å². The van der Waals surface area contributed by atoms with Crippen LogP contribution in [0.3, 0.4) is 0 Å². The lowest BCUT2D eigenvalue weighted by Crippen LogP contribution is -1.96. The van der Waals surface area contributed by atoms with Gasteiger partial charge in [-0.05, 0) is 35.2 Å². The fourth-order valence-electron chi connectivity index (χ4n) is 4.03. The van der Waals surface area contributed by atoms with Crippen LogP contribution in [0.15, 0.2) is 108 Å². The van der Waals surface area contributed by atoms with Crippen LogP contribution >= 0.6 is 0 Å². The molecule has 152 valence electrons. The van der Waals surface area contributed by atoms with Gasteiger partial charge < -0.3 is 9.52 Å². The van der Waals surface area contributed by atoms with Crippen LogP contribution in [-0.4, -0.2) is 10.1 Å². The maximum atomic E-state index is 9.56. The van der Waals surface area contributed by atoms with Gasteiger partial charge in [0.25, 0.3) is 0 Å². The summed E-state index contributed by atoms with van der Waals surface area (Å²) in [5.74, 6) is 1.66. The van der Waals surface area contributed by atoms with E-state index in [2.05, 4.69) is 48.6 Å². The van der Waals surface area contributed by atoms with Crippen molar-refractivity contribution in [3.63, 3.8) is 0 Å². The van der Waals surface area contributed by atoms with Crippen molar-refractivity contribution in [1.82, 2.24) is 4.98 Å². The zero-order chi connectivity index (χ0) is 21.0. The van der Waals surface area contributed by atoms with E-state index in [9.17, 15) is 5.11 Å². The largest absolute Gasteiger partial charge is 0.440 e. The van der Waals surface area contributed by atoms with E-state index < -0.39 is 0 Å². The molecular formula is C28H23NO2. The highest BCUT2D eigenvalue weighted by Crippen LogP contribution is 2.39. The number of benzene rings is 3. The summed E-state index contributed by atoms with van der Waals surface area (Å²) in [6, 6.07) is 26.3. The van der Waals surface area contributed by atoms with Crippen molar-refractivity contribution < 1.29 is 9.52 Å². The van der Waals surface area contributed by atoms with E-state index in [4.69, 9.17) is 9.40 Å². The van der Waals surface area contributed by atoms with Crippen LogP contribution in [-0.2, 0) is 6.61 Å². The molecule has 1 unspecified atom stereocenters. The van der Waals surface area contributed by atoms with Gasteiger partial charge in [-0.3, -0.25) is 0 Å². The van der Waals surface area contributed by atoms with Gasteiger partial charge >= 0.3 is 0 Å². The predicted molar refractivity (Wildman–Crippen MR) is 124 cm³/mol. The minimum Gasteiger partial charge on any atom is -0.440 e. The summed E-state index contributed by atoms with van der Waals surface area (Å²) in [6.45, 7) is 0.0127. The normalized spacial score (nSPS) is 15.3. The van der Waals surface area contributed by atoms with Crippen LogP contribution in [0.2, 0.25) is 0 Å². The van der Waals surface area contributed by atoms with Crippen LogP contribution in [0.1, 0.15) is 23.7 Å². The summed E-state index contributed by atoms with van der Waals surface area (Å²) >= 11 is 0. The van der Waals surface area contributed by atoms with Crippen LogP contribution in [0, 0.1) is 0 Å². The van der Waals surface area contributed by atoms with Gasteiger partial charge in [0.05, 0.1) is 6.61 Å². The van der Waals surface area contributed by atoms with E-state index in [0.717, 1.165) is 45.7 Å². The lowest BCUT2D eigenvalue weighted by Gasteiger charge is -2.11. The first-order valence-corrected chi connectivity index (χ1v) is 10.5. The van der Waals surface area contributed by atoms with Crippen LogP contribution in [0.5, 0.6) is 0 Å². The smallest absolute Gasteiger partial charge is 0.227 e. The first-order chi connectivity index (χ1) is 15.3. The third kappa shape index (κ3) is 3.88. The van der Waals surface area contributed by atoms with Gasteiger partial charge in [0, 0.05) is 17.0 Å². The maximum Gasteiger partial charge on any atom is 0.227 e. The number of hydrogen-bond acceptors (Lipinski definition) is 3. The third-order valence-electron chi connectivity index (χ3n) is 5.60. The Labute approximate surface area is 182 Å². The lowest BCUT2D eigenvalue weighted by molar-refractivity contribution is 0.282. The van der Waals surface area contributed by atoms with Crippen molar-refractivity contribution in [1.29, 1.82) is 0 Å². The first-order valence-electron chi connectivity index (χ1n) is 10.5. The number of rotatable bonds is 5. The molecule has 3 aromatic carbocycles. The molecule has 0 amide bonds. The number of aliphatic hydroxyl groups is 1. The van der Waals surface area contributed by atoms with Crippen molar-refractivity contribution >= 4 is 0 Å². The quantitative estimate of drug-likeness (QED) is 0.399. The maximum absolute atomic E-state index is 9.56. The summed E-state index contributed by atoms with van der Waals surface area (Å²) in [7, 11) is 0. The standard InChI is InChI=1S/C28H23NO2/c30-19-20-10-9-15-23(18-20)24-16-7-8-17-25(24)28-29-26(21-11-3-1-4-12-21)27(31-28)22-13-5-2-6-14-22/h1-13,15-18,22,30H,14,19H2. The van der Waals surface area contributed by atoms with Gasteiger partial charge in [0.15, 0.2) is 0 Å². The van der Waals surface area contributed by atoms with E-state index in [1.54, 1.807) is 0 Å². The molecular weight excluding hydrogens is 382 g/mol. The molecule has 4 aromatic rings. The summed E-state index contributed by atoms with van der Waals surface area (Å²) in [5, 5.41) is 9.56. The number of oxazole rings is 1. The monoisotopic (exact) mass is 405 g/mol. The topological polar surface area (TPSA) is 46.3 Å². The second-order valence-corrected chi connectivity index (χ2v) is 7.66. The highest BCUT2D eigenvalue weighted by molar-refractivity contribution is 5.81. The average molecular weight is 405 g/mol. The van der Waals surface area contributed by atoms with Gasteiger partial charge in [-0.15, -0.1) is 0 Å². The molecule has 1 atom stereocenters. The molecule has 0 spiro atoms. The molecule has 31 heavy (non-hydrogen) atoms. The van der Waals surface area contributed by atoms with Gasteiger partial charge in [-0.25, -0.2) is 4.98 Å². The first kappa shape index (κ1) is 19.3. The Morgan fingerprint density at radius 1 is 0.839 bits per heavy atom. The summed E-state index contributed by atoms with van der Waals surface area (Å²) in [4.78, 5) is 4.98. The summed E-state index contributed by atoms with van der Waals surface area (Å²) < 4.78 is 6.47. The lowest BCUT2D eigenvalue weighted by atomic mass is 9.95. The molecule has 0 aliphatic heterocycles. The Kier molecular flexibility index (Phi) is 5.34. The fourth-order valence-corrected chi connectivity index (χ4v) is 4.03. The molecule has 1 N–H and O–H groups in total. The van der Waals surface area contributed by atoms with Crippen molar-refractivity contribution in [2.45, 2.75) is 18.9 Å². The number of aromatic nitrogens is 1. The van der Waals surface area contributed by atoms with Gasteiger partial charge in [-0.2, -0.15) is 0 Å². The average Bonchev–Trinajstić information content (AvgIpc) is 3.31. The zero-order valence-corrected chi connectivity index (χ0v) is 17.1. The number of aliphatic hydroxyl groups excluding tert-OH is 1. The minimum atomic E-state index is 0.0127. The summed E-state index contributed by atoms with van der Waals surface area (Å²) in [5.41, 5.74) is 5.82. The Morgan fingerprint density at radius 3 is 2.39 bits per heavy atom. The molecule has 0 fully saturated rings. The Balaban J connectivity index is 1.66. The van der Waals surface area contributed by atoms with E-state index >= 15 is 0 Å². The molecule has 1 aliphatic rings. The summed E-state index contributed by atoms with van der Waals surface area (Å²) in [6.07, 6.45) is 9.37. The number of hydrogen-bond donors (Lipinski definition) is 1. The second kappa shape index (κ2) is 8.58. The SMILES string of the molecule is OCc1cccc(-c2ccccc2-c2nc(-c3ccccc3)c(C3C=CC=CC3)o2)c1. The van der Waals surface area contributed by atoms with Crippen molar-refractivity contribution in [3.05, 3.63) is 114 Å². The van der Waals surface area contributed by atoms with Gasteiger partial charge in [0.1, 0.15) is 11.5 Å². The number of allylic oxidation sites excluding steroid dienone is 4. The molecule has 1 aromatic heterocycles. The van der Waals surface area contributed by atoms with Crippen molar-refractivity contribution in [2.75, 3.05) is 0 Å². The van der Waals surface area contributed by atoms with Crippen molar-refractivity contribution in [2.24, 2.45) is 0 Å². The Bertz CT molecular complexity index is 1250. The van der Waals surface area contributed by atoms with E-state index in [-0.39, 0.29) is 12.5 Å². The fraction of sp³-hybridized carbons (Fsp3) is 0.107. The number of nitrogens with zero attached hydrogens (tertiary/aromatic N) is 1. The Morgan fingerprint density at radius 2 is 1.61 bits per heavy atom. The second-order valence-electron chi connectivity index (χ2n) is 7.66. The van der Waals surface area contributed by atoms with Crippen molar-refractivity contribution in [3.8, 4) is 33.8 Å². The molecule has 0 saturated heterocycles. The highest BCUT2D eigenvalue weighted by Gasteiger charge is 2.23. The molecule has 0 radical (unpaired) electrons. The van der Waals surface area contributed by atoms with Gasteiger partial charge in [-0.1, -0.05) is 91.0 Å². The third-order valence-corrected chi connectivity index (χ3v) is 5.60. The minimum absolute atomic E-state index is 0.0127. The van der Waals surface area contributed by atoms with Crippen LogP contribution in [0.4, 0.5) is 0 Å². The van der Waals surface area contributed by atoms with E-state index in [1.807, 2.05) is 54.6 Å². The molecule has 5 rings (SSSR count). The highest BCUT2D eigenvalue weighted by atomic mass is 16.4. The molecule has 1 heterocycles. The molecule has 0 saturated carbocycles. The predicted octanol–water partition coefficient (Wildman–Crippen LogP) is 6.77. The van der Waals surface area contributed by atoms with Crippen LogP contribution < -0.4 is 0 Å². The molecule has 0 bridgehead atoms. The van der Waals surface area contributed by atoms with Gasteiger partial charge in [0.2, 0.25) is 5.89 Å². The molecule has 3 heteroatoms.